The van der Waals surface area contributed by atoms with Gasteiger partial charge in [0.2, 0.25) is 41.0 Å². The number of nitrogens with zero attached hydrogens (tertiary/aromatic N) is 18. The second-order valence-electron chi connectivity index (χ2n) is 31.7. The van der Waals surface area contributed by atoms with Crippen molar-refractivity contribution in [3.8, 4) is 11.4 Å². The number of nitrogens with one attached hydrogen (secondary N) is 1. The Hall–Kier alpha value is -9.12. The van der Waals surface area contributed by atoms with Gasteiger partial charge < -0.3 is 78.0 Å². The number of nitrogens with two attached hydrogens (primary N) is 1. The molecule has 0 saturated carbocycles. The van der Waals surface area contributed by atoms with Gasteiger partial charge in [-0.15, -0.1) is 9.80 Å². The molecule has 0 spiro atoms. The number of halogens is 7. The Labute approximate surface area is 653 Å². The van der Waals surface area contributed by atoms with Crippen molar-refractivity contribution in [2.75, 3.05) is 140 Å². The molecule has 10 heterocycles. The largest absolute Gasteiger partial charge is 0.498 e. The maximum atomic E-state index is 14.0. The average Bonchev–Trinajstić information content (AvgIpc) is 1.56. The van der Waals surface area contributed by atoms with Gasteiger partial charge in [-0.2, -0.15) is 29.9 Å². The zero-order valence-corrected chi connectivity index (χ0v) is 67.3. The fourth-order valence-corrected chi connectivity index (χ4v) is 10.4. The molecule has 0 aromatic carbocycles. The van der Waals surface area contributed by atoms with Crippen molar-refractivity contribution in [2.24, 2.45) is 0 Å². The van der Waals surface area contributed by atoms with Crippen LogP contribution in [0.4, 0.5) is 91.8 Å². The molecule has 5 saturated heterocycles. The second kappa shape index (κ2) is 37.2. The van der Waals surface area contributed by atoms with Crippen LogP contribution in [-0.2, 0) is 42.5 Å². The maximum absolute atomic E-state index is 14.0. The number of alkyl halides is 6. The molecule has 5 amide bonds. The molecule has 614 valence electrons. The fourth-order valence-electron chi connectivity index (χ4n) is 10.2. The first-order chi connectivity index (χ1) is 51.9. The van der Waals surface area contributed by atoms with Crippen LogP contribution in [0.15, 0.2) is 24.7 Å². The number of piperazine rings is 2. The normalized spacial score (nSPS) is 16.8. The summed E-state index contributed by atoms with van der Waals surface area (Å²) >= 11 is 6.11. The number of hydrogen-bond acceptors (Lipinski definition) is 31. The summed E-state index contributed by atoms with van der Waals surface area (Å²) in [6.45, 7) is 42.2. The van der Waals surface area contributed by atoms with Gasteiger partial charge in [0.15, 0.2) is 5.82 Å². The number of imide groups is 2. The fraction of sp³-hybridized carbons (Fsp3) is 0.652. The summed E-state index contributed by atoms with van der Waals surface area (Å²) in [4.78, 5) is 119. The minimum atomic E-state index is -3.07. The molecule has 5 aromatic heterocycles. The van der Waals surface area contributed by atoms with E-state index in [0.717, 1.165) is 51.7 Å². The van der Waals surface area contributed by atoms with Crippen molar-refractivity contribution in [3.05, 3.63) is 46.9 Å². The van der Waals surface area contributed by atoms with E-state index in [4.69, 9.17) is 67.6 Å². The van der Waals surface area contributed by atoms with Crippen LogP contribution >= 0.6 is 11.6 Å². The smallest absolute Gasteiger partial charge is 0.444 e. The lowest BCUT2D eigenvalue weighted by atomic mass is 9.79. The average molecular weight is 1600 g/mol. The Bertz CT molecular complexity index is 3950. The SMILES string of the molecule is CC(C)(C)OC(=O)N(C(=O)OC(C)(C)C)c1ncc(B2OC(C)(C)C(C)(C)O2)c(C(F)F)n1.CC(C)(C)OC(=O)N1CCN(c2nc(Cl)nc(N3CCOCC3)n2)CC1.Nc1cc(C(F)F)c(-c2nc(N3CCNCC3)nc(N3CCOCC3)n2)cn1.[B]c1cnc(N(C(=O)OC(C)(C)C)C(=O)OC(C)(C)C)nc1C(F)F. The van der Waals surface area contributed by atoms with Crippen molar-refractivity contribution in [1.29, 1.82) is 0 Å². The van der Waals surface area contributed by atoms with Crippen LogP contribution in [0, 0.1) is 0 Å². The van der Waals surface area contributed by atoms with Gasteiger partial charge in [0.05, 0.1) is 37.6 Å². The third-order valence-electron chi connectivity index (χ3n) is 16.1. The number of pyridine rings is 1. The summed E-state index contributed by atoms with van der Waals surface area (Å²) in [6, 6.07) is 1.17. The van der Waals surface area contributed by atoms with Crippen molar-refractivity contribution in [2.45, 2.75) is 190 Å². The number of ether oxygens (including phenoxy) is 7. The van der Waals surface area contributed by atoms with Gasteiger partial charge in [-0.05, 0) is 149 Å². The second-order valence-corrected chi connectivity index (χ2v) is 32.0. The molecule has 5 aromatic rings. The van der Waals surface area contributed by atoms with E-state index in [1.54, 1.807) is 116 Å². The van der Waals surface area contributed by atoms with E-state index < -0.39 is 113 Å². The van der Waals surface area contributed by atoms with Crippen molar-refractivity contribution < 1.29 is 92.8 Å². The Morgan fingerprint density at radius 2 is 0.884 bits per heavy atom. The first-order valence-electron chi connectivity index (χ1n) is 35.9. The summed E-state index contributed by atoms with van der Waals surface area (Å²) < 4.78 is 130. The van der Waals surface area contributed by atoms with Crippen LogP contribution < -0.4 is 51.4 Å². The molecule has 112 heavy (non-hydrogen) atoms. The van der Waals surface area contributed by atoms with Crippen LogP contribution in [0.5, 0.6) is 0 Å². The first-order valence-corrected chi connectivity index (χ1v) is 36.3. The number of carbonyl (C=O) groups is 5. The molecule has 0 unspecified atom stereocenters. The van der Waals surface area contributed by atoms with E-state index in [0.29, 0.717) is 99.3 Å². The van der Waals surface area contributed by atoms with E-state index in [9.17, 15) is 50.3 Å². The molecule has 43 heteroatoms. The number of anilines is 7. The highest BCUT2D eigenvalue weighted by Crippen LogP contribution is 2.38. The monoisotopic (exact) mass is 1600 g/mol. The Kier molecular flexibility index (Phi) is 29.9. The molecular formula is C69H99B2ClF6N20O14. The zero-order chi connectivity index (χ0) is 83.4. The topological polar surface area (TPSA) is 371 Å². The molecular weight excluding hydrogens is 1500 g/mol. The summed E-state index contributed by atoms with van der Waals surface area (Å²) in [5.41, 5.74) is -2.41. The molecule has 3 N–H and O–H groups in total. The number of aromatic nitrogens is 11. The van der Waals surface area contributed by atoms with Gasteiger partial charge in [-0.25, -0.2) is 75.2 Å². The van der Waals surface area contributed by atoms with Crippen molar-refractivity contribution in [3.63, 3.8) is 0 Å². The maximum Gasteiger partial charge on any atom is 0.498 e. The number of rotatable bonds is 11. The third kappa shape index (κ3) is 26.2. The van der Waals surface area contributed by atoms with Gasteiger partial charge in [-0.1, -0.05) is 5.46 Å². The molecule has 0 bridgehead atoms. The van der Waals surface area contributed by atoms with Crippen LogP contribution in [0.3, 0.4) is 0 Å². The van der Waals surface area contributed by atoms with Gasteiger partial charge in [0.25, 0.3) is 19.3 Å². The Morgan fingerprint density at radius 1 is 0.509 bits per heavy atom. The predicted molar refractivity (Wildman–Crippen MR) is 403 cm³/mol. The number of carbonyl (C=O) groups excluding carboxylic acids is 5. The van der Waals surface area contributed by atoms with Gasteiger partial charge in [-0.3, -0.25) is 0 Å². The molecule has 5 aliphatic rings. The Balaban J connectivity index is 0.000000208. The van der Waals surface area contributed by atoms with Crippen LogP contribution in [-0.4, -0.2) is 249 Å². The van der Waals surface area contributed by atoms with E-state index in [1.165, 1.54) is 12.3 Å². The molecule has 2 radical (unpaired) electrons. The minimum absolute atomic E-state index is 0.0313. The molecule has 5 aliphatic heterocycles. The lowest BCUT2D eigenvalue weighted by molar-refractivity contribution is 0.00578. The van der Waals surface area contributed by atoms with E-state index in [-0.39, 0.29) is 45.1 Å². The van der Waals surface area contributed by atoms with Crippen molar-refractivity contribution in [1.82, 2.24) is 65.0 Å². The van der Waals surface area contributed by atoms with Crippen LogP contribution in [0.1, 0.15) is 168 Å². The van der Waals surface area contributed by atoms with Gasteiger partial charge in [0, 0.05) is 114 Å². The zero-order valence-electron chi connectivity index (χ0n) is 66.5. The van der Waals surface area contributed by atoms with Crippen LogP contribution in [0.25, 0.3) is 11.4 Å². The highest BCUT2D eigenvalue weighted by Gasteiger charge is 2.53. The first kappa shape index (κ1) is 90.1. The number of hydrogen-bond donors (Lipinski definition) is 2. The molecule has 10 rings (SSSR count). The van der Waals surface area contributed by atoms with Gasteiger partial charge >= 0.3 is 37.6 Å². The lowest BCUT2D eigenvalue weighted by Gasteiger charge is -2.36. The highest BCUT2D eigenvalue weighted by molar-refractivity contribution is 6.62. The molecule has 34 nitrogen and oxygen atoms in total. The Morgan fingerprint density at radius 3 is 1.28 bits per heavy atom. The quantitative estimate of drug-likeness (QED) is 0.0706. The number of morpholine rings is 2. The summed E-state index contributed by atoms with van der Waals surface area (Å²) in [5.74, 6) is 1.01. The molecule has 0 aliphatic carbocycles. The molecule has 5 fully saturated rings. The van der Waals surface area contributed by atoms with E-state index in [2.05, 4.69) is 60.1 Å². The van der Waals surface area contributed by atoms with Gasteiger partial charge in [0.1, 0.15) is 53.1 Å². The lowest BCUT2D eigenvalue weighted by Crippen LogP contribution is -2.50. The molecule has 0 atom stereocenters. The summed E-state index contributed by atoms with van der Waals surface area (Å²) in [7, 11) is 4.23. The highest BCUT2D eigenvalue weighted by atomic mass is 35.5. The van der Waals surface area contributed by atoms with Crippen LogP contribution in [0.2, 0.25) is 5.28 Å². The standard InChI is InChI=1S/C21H32BF2N3O6.C17H22F2N8O.C16H25ClN6O3.C15H20BF2N3O4/c1-18(2,3)30-16(28)27(17(29)31-19(4,5)6)15-25-11-12(13(26-15)14(23)24)22-32-20(7,8)21(9,10)33-22;18-14(19)11-9-13(20)22-10-12(11)15-23-16(26-3-1-21-2-4-26)25-17(24-15)27-5-7-28-8-6-27;1-16(2,3)26-15(24)23-6-4-21(5-7-23)13-18-12(17)19-14(20-13)22-8-10-25-11-9-22;1-14(2,3)24-12(22)21(13(23)25-15(4,5)6)11-19-7-8(16)9(20-11)10(17)18/h11,14H,1-10H3;9-10,14,21H,1-8H2,(H2,20,22);4-11H2,1-3H3;7,10H,1-6H3. The van der Waals surface area contributed by atoms with E-state index in [1.807, 2.05) is 40.4 Å². The summed E-state index contributed by atoms with van der Waals surface area (Å²) in [6.07, 6.45) is -10.5. The predicted octanol–water partition coefficient (Wildman–Crippen LogP) is 9.39. The summed E-state index contributed by atoms with van der Waals surface area (Å²) in [5, 5.41) is 3.45. The van der Waals surface area contributed by atoms with Crippen molar-refractivity contribution >= 4 is 109 Å². The number of nitrogen functional groups attached to an aromatic ring is 1. The minimum Gasteiger partial charge on any atom is -0.444 e. The number of amides is 5. The van der Waals surface area contributed by atoms with E-state index >= 15 is 0 Å². The third-order valence-corrected chi connectivity index (χ3v) is 16.3.